The number of aromatic nitrogens is 5. The van der Waals surface area contributed by atoms with Crippen molar-refractivity contribution in [2.75, 3.05) is 0 Å². The summed E-state index contributed by atoms with van der Waals surface area (Å²) in [5.74, 6) is -3.03. The average molecular weight is 614 g/mol. The monoisotopic (exact) mass is 613 g/mol. The smallest absolute Gasteiger partial charge is 0.475 e. The molecule has 0 bridgehead atoms. The molecule has 3 heterocycles. The summed E-state index contributed by atoms with van der Waals surface area (Å²) in [6, 6.07) is 4.70. The predicted octanol–water partition coefficient (Wildman–Crippen LogP) is 5.26. The molecule has 4 rings (SSSR count). The van der Waals surface area contributed by atoms with Crippen molar-refractivity contribution >= 4 is 33.9 Å². The summed E-state index contributed by atoms with van der Waals surface area (Å²) in [4.78, 5) is 33.8. The van der Waals surface area contributed by atoms with E-state index in [-0.39, 0.29) is 17.2 Å². The third-order valence-corrected chi connectivity index (χ3v) is 5.74. The van der Waals surface area contributed by atoms with Crippen molar-refractivity contribution in [3.8, 4) is 17.1 Å². The highest BCUT2D eigenvalue weighted by molar-refractivity contribution is 6.05. The Morgan fingerprint density at radius 1 is 1.16 bits per heavy atom. The Morgan fingerprint density at radius 2 is 1.81 bits per heavy atom. The fourth-order valence-electron chi connectivity index (χ4n) is 3.97. The van der Waals surface area contributed by atoms with Crippen LogP contribution in [0.15, 0.2) is 30.6 Å². The lowest BCUT2D eigenvalue weighted by molar-refractivity contribution is -0.192. The second-order valence-electron chi connectivity index (χ2n) is 11.4. The Balaban J connectivity index is 0.000000646. The summed E-state index contributed by atoms with van der Waals surface area (Å²) in [5, 5.41) is 15.4. The lowest BCUT2D eigenvalue weighted by atomic mass is 10.0. The van der Waals surface area contributed by atoms with E-state index >= 15 is 0 Å². The van der Waals surface area contributed by atoms with Crippen LogP contribution in [0.2, 0.25) is 0 Å². The van der Waals surface area contributed by atoms with Gasteiger partial charge in [-0.2, -0.15) is 27.1 Å². The van der Waals surface area contributed by atoms with Crippen molar-refractivity contribution in [1.29, 1.82) is 0 Å². The third kappa shape index (κ3) is 9.07. The van der Waals surface area contributed by atoms with Gasteiger partial charge < -0.3 is 25.9 Å². The van der Waals surface area contributed by atoms with Crippen molar-refractivity contribution in [1.82, 2.24) is 30.0 Å². The largest absolute Gasteiger partial charge is 0.490 e. The van der Waals surface area contributed by atoms with Crippen molar-refractivity contribution in [2.45, 2.75) is 77.9 Å². The van der Waals surface area contributed by atoms with Gasteiger partial charge in [-0.3, -0.25) is 9.48 Å². The zero-order chi connectivity index (χ0) is 32.3. The van der Waals surface area contributed by atoms with Crippen LogP contribution in [0, 0.1) is 0 Å². The number of hydrogen-bond donors (Lipinski definition) is 4. The van der Waals surface area contributed by atoms with Crippen molar-refractivity contribution in [2.24, 2.45) is 5.73 Å². The van der Waals surface area contributed by atoms with Gasteiger partial charge in [-0.1, -0.05) is 0 Å². The number of H-pyrrole nitrogens is 1. The molecule has 5 N–H and O–H groups in total. The second kappa shape index (κ2) is 12.5. The molecule has 0 aliphatic heterocycles. The van der Waals surface area contributed by atoms with Crippen LogP contribution in [0.5, 0.6) is 5.75 Å². The van der Waals surface area contributed by atoms with Gasteiger partial charge in [0.05, 0.1) is 17.3 Å². The molecule has 0 aliphatic carbocycles. The fraction of sp³-hybridized carbons (Fsp3) is 0.444. The maximum atomic E-state index is 12.9. The molecule has 0 atom stereocenters. The Labute approximate surface area is 242 Å². The SMILES string of the molecule is CC(C)(N)CCCn1nc(-c2cnc3[nH]cc(C(=O)NC(C)(C)C)c3n2)c2cc(OC(F)F)ccc21.O=C(O)C(F)(F)F. The molecule has 0 fully saturated rings. The van der Waals surface area contributed by atoms with Gasteiger partial charge in [-0.15, -0.1) is 0 Å². The van der Waals surface area contributed by atoms with Gasteiger partial charge in [-0.25, -0.2) is 14.8 Å². The van der Waals surface area contributed by atoms with Crippen LogP contribution in [0.4, 0.5) is 22.0 Å². The van der Waals surface area contributed by atoms with Crippen molar-refractivity contribution < 1.29 is 41.4 Å². The molecular weight excluding hydrogens is 581 g/mol. The summed E-state index contributed by atoms with van der Waals surface area (Å²) in [6.45, 7) is 7.21. The highest BCUT2D eigenvalue weighted by Crippen LogP contribution is 2.32. The van der Waals surface area contributed by atoms with Gasteiger partial charge in [0.1, 0.15) is 22.7 Å². The first-order chi connectivity index (χ1) is 19.7. The van der Waals surface area contributed by atoms with E-state index in [0.717, 1.165) is 18.4 Å². The Morgan fingerprint density at radius 3 is 2.37 bits per heavy atom. The molecule has 16 heteroatoms. The predicted molar refractivity (Wildman–Crippen MR) is 148 cm³/mol. The zero-order valence-corrected chi connectivity index (χ0v) is 24.0. The molecule has 3 aromatic heterocycles. The molecule has 0 radical (unpaired) electrons. The van der Waals surface area contributed by atoms with Gasteiger partial charge in [0.15, 0.2) is 5.65 Å². The number of carbonyl (C=O) groups excluding carboxylic acids is 1. The molecule has 4 aromatic rings. The fourth-order valence-corrected chi connectivity index (χ4v) is 3.97. The highest BCUT2D eigenvalue weighted by Gasteiger charge is 2.38. The Hall–Kier alpha value is -4.34. The number of carboxylic acid groups (broad SMARTS) is 1. The topological polar surface area (TPSA) is 161 Å². The van der Waals surface area contributed by atoms with E-state index in [9.17, 15) is 26.7 Å². The summed E-state index contributed by atoms with van der Waals surface area (Å²) in [7, 11) is 0. The molecule has 43 heavy (non-hydrogen) atoms. The number of benzene rings is 1. The van der Waals surface area contributed by atoms with Gasteiger partial charge in [0, 0.05) is 29.2 Å². The quantitative estimate of drug-likeness (QED) is 0.196. The van der Waals surface area contributed by atoms with Crippen LogP contribution in [0.25, 0.3) is 33.5 Å². The number of rotatable bonds is 8. The summed E-state index contributed by atoms with van der Waals surface area (Å²) in [6.07, 6.45) is -0.429. The molecule has 234 valence electrons. The molecule has 11 nitrogen and oxygen atoms in total. The number of nitrogens with two attached hydrogens (primary N) is 1. The van der Waals surface area contributed by atoms with Crippen LogP contribution >= 0.6 is 0 Å². The van der Waals surface area contributed by atoms with Crippen LogP contribution in [-0.2, 0) is 11.3 Å². The zero-order valence-electron chi connectivity index (χ0n) is 24.0. The lowest BCUT2D eigenvalue weighted by Crippen LogP contribution is -2.40. The number of nitrogens with zero attached hydrogens (tertiary/aromatic N) is 4. The first kappa shape index (κ1) is 33.2. The van der Waals surface area contributed by atoms with Gasteiger partial charge >= 0.3 is 18.8 Å². The van der Waals surface area contributed by atoms with Crippen LogP contribution < -0.4 is 15.8 Å². The molecule has 0 aliphatic rings. The van der Waals surface area contributed by atoms with Gasteiger partial charge in [-0.05, 0) is 65.7 Å². The average Bonchev–Trinajstić information content (AvgIpc) is 3.43. The third-order valence-electron chi connectivity index (χ3n) is 5.74. The number of ether oxygens (including phenoxy) is 1. The van der Waals surface area contributed by atoms with Crippen molar-refractivity contribution in [3.05, 3.63) is 36.2 Å². The lowest BCUT2D eigenvalue weighted by Gasteiger charge is -2.19. The molecule has 1 amide bonds. The standard InChI is InChI=1S/C25H31F2N7O2.C2HF3O2/c1-24(2,3)32-22(35)16-12-29-21-20(16)31-17(13-30-21)19-15-11-14(36-23(26)27)7-8-18(15)34(33-19)10-6-9-25(4,5)28;3-2(4,5)1(6)7/h7-8,11-13,23H,6,9-10,28H2,1-5H3,(H,29,30)(H,32,35);(H,6,7). The van der Waals surface area contributed by atoms with Crippen LogP contribution in [0.1, 0.15) is 57.8 Å². The summed E-state index contributed by atoms with van der Waals surface area (Å²) in [5.41, 5.74) is 8.17. The van der Waals surface area contributed by atoms with Crippen molar-refractivity contribution in [3.63, 3.8) is 0 Å². The minimum Gasteiger partial charge on any atom is -0.475 e. The van der Waals surface area contributed by atoms with E-state index in [1.165, 1.54) is 12.1 Å². The van der Waals surface area contributed by atoms with Gasteiger partial charge in [0.25, 0.3) is 5.91 Å². The second-order valence-corrected chi connectivity index (χ2v) is 11.4. The van der Waals surface area contributed by atoms with E-state index in [1.54, 1.807) is 23.1 Å². The number of carboxylic acids is 1. The van der Waals surface area contributed by atoms with E-state index in [2.05, 4.69) is 20.0 Å². The summed E-state index contributed by atoms with van der Waals surface area (Å²) >= 11 is 0. The number of nitrogens with one attached hydrogen (secondary N) is 2. The summed E-state index contributed by atoms with van der Waals surface area (Å²) < 4.78 is 63.9. The minimum atomic E-state index is -5.08. The molecule has 0 spiro atoms. The van der Waals surface area contributed by atoms with E-state index in [1.807, 2.05) is 34.6 Å². The van der Waals surface area contributed by atoms with E-state index < -0.39 is 24.3 Å². The van der Waals surface area contributed by atoms with E-state index in [4.69, 9.17) is 25.7 Å². The highest BCUT2D eigenvalue weighted by atomic mass is 19.4. The molecular formula is C27H32F5N7O4. The number of amides is 1. The van der Waals surface area contributed by atoms with Crippen LogP contribution in [-0.4, -0.2) is 65.6 Å². The Bertz CT molecular complexity index is 1600. The number of halogens is 5. The van der Waals surface area contributed by atoms with E-state index in [0.29, 0.717) is 40.0 Å². The number of carbonyl (C=O) groups is 2. The first-order valence-electron chi connectivity index (χ1n) is 13.0. The maximum absolute atomic E-state index is 12.9. The molecule has 0 saturated carbocycles. The van der Waals surface area contributed by atoms with Crippen LogP contribution in [0.3, 0.4) is 0 Å². The number of aromatic amines is 1. The molecule has 0 saturated heterocycles. The maximum Gasteiger partial charge on any atom is 0.490 e. The Kier molecular flexibility index (Phi) is 9.63. The first-order valence-corrected chi connectivity index (χ1v) is 13.0. The normalized spacial score (nSPS) is 12.4. The number of hydrogen-bond acceptors (Lipinski definition) is 7. The molecule has 1 aromatic carbocycles. The number of aryl methyl sites for hydroxylation is 1. The molecule has 0 unspecified atom stereocenters. The number of alkyl halides is 5. The number of fused-ring (bicyclic) bond motifs is 2. The number of aliphatic carboxylic acids is 1. The van der Waals surface area contributed by atoms with Gasteiger partial charge in [0.2, 0.25) is 0 Å². The minimum absolute atomic E-state index is 0.0160.